The summed E-state index contributed by atoms with van der Waals surface area (Å²) >= 11 is 4.30. The molecule has 2 atom stereocenters. The van der Waals surface area contributed by atoms with Gasteiger partial charge in [-0.25, -0.2) is 0 Å². The normalized spacial score (nSPS) is 25.0. The lowest BCUT2D eigenvalue weighted by molar-refractivity contribution is 0.188. The third kappa shape index (κ3) is 6.24. The minimum absolute atomic E-state index is 0.497. The van der Waals surface area contributed by atoms with Crippen molar-refractivity contribution in [1.82, 2.24) is 0 Å². The number of hydrogen-bond donors (Lipinski definition) is 1. The quantitative estimate of drug-likeness (QED) is 0.258. The Hall–Kier alpha value is -0.630. The second kappa shape index (κ2) is 9.50. The van der Waals surface area contributed by atoms with E-state index in [9.17, 15) is 0 Å². The molecule has 1 fully saturated rings. The summed E-state index contributed by atoms with van der Waals surface area (Å²) in [5.41, 5.74) is 0.497. The van der Waals surface area contributed by atoms with Crippen LogP contribution in [0, 0.1) is 17.3 Å². The van der Waals surface area contributed by atoms with Crippen LogP contribution in [0.3, 0.4) is 0 Å². The lowest BCUT2D eigenvalue weighted by Crippen LogP contribution is -2.11. The van der Waals surface area contributed by atoms with Gasteiger partial charge in [-0.2, -0.15) is 0 Å². The molecule has 0 aromatic heterocycles. The summed E-state index contributed by atoms with van der Waals surface area (Å²) in [7, 11) is 0. The van der Waals surface area contributed by atoms with Crippen LogP contribution in [0.1, 0.15) is 66.2 Å². The molecule has 126 valence electrons. The van der Waals surface area contributed by atoms with E-state index in [1.165, 1.54) is 32.1 Å². The van der Waals surface area contributed by atoms with E-state index in [1.54, 1.807) is 0 Å². The molecule has 1 nitrogen and oxygen atoms in total. The summed E-state index contributed by atoms with van der Waals surface area (Å²) in [6.45, 7) is 13.7. The van der Waals surface area contributed by atoms with Crippen molar-refractivity contribution in [2.75, 3.05) is 6.61 Å². The van der Waals surface area contributed by atoms with Crippen molar-refractivity contribution in [1.29, 1.82) is 0 Å². The molecule has 0 spiro atoms. The van der Waals surface area contributed by atoms with E-state index >= 15 is 0 Å². The molecule has 0 saturated heterocycles. The first-order valence-corrected chi connectivity index (χ1v) is 9.26. The summed E-state index contributed by atoms with van der Waals surface area (Å²) in [6, 6.07) is 0. The molecule has 1 aliphatic rings. The Kier molecular flexibility index (Phi) is 8.38. The van der Waals surface area contributed by atoms with E-state index < -0.39 is 0 Å². The van der Waals surface area contributed by atoms with Crippen molar-refractivity contribution >= 4 is 12.6 Å². The number of rotatable bonds is 11. The Balaban J connectivity index is 2.33. The van der Waals surface area contributed by atoms with Crippen LogP contribution >= 0.6 is 12.6 Å². The summed E-state index contributed by atoms with van der Waals surface area (Å²) in [4.78, 5) is 0.931. The molecular formula is C20H34OS. The first kappa shape index (κ1) is 19.4. The molecule has 1 saturated carbocycles. The highest BCUT2D eigenvalue weighted by molar-refractivity contribution is 7.84. The summed E-state index contributed by atoms with van der Waals surface area (Å²) in [6.07, 6.45) is 13.7. The Labute approximate surface area is 143 Å². The molecule has 0 heterocycles. The Morgan fingerprint density at radius 1 is 1.32 bits per heavy atom. The van der Waals surface area contributed by atoms with Gasteiger partial charge in [0, 0.05) is 0 Å². The summed E-state index contributed by atoms with van der Waals surface area (Å²) in [5.74, 6) is 2.56. The molecule has 0 N–H and O–H groups in total. The SMILES string of the molecule is C=C(/C=C\C(S)=C/C)OCCC1(C)CC1C(CCC)CCC. The van der Waals surface area contributed by atoms with Crippen LogP contribution in [0.15, 0.2) is 35.5 Å². The molecule has 2 heteroatoms. The van der Waals surface area contributed by atoms with Crippen molar-refractivity contribution in [3.05, 3.63) is 35.5 Å². The van der Waals surface area contributed by atoms with E-state index in [1.807, 2.05) is 25.2 Å². The van der Waals surface area contributed by atoms with Gasteiger partial charge in [-0.15, -0.1) is 12.6 Å². The highest BCUT2D eigenvalue weighted by Gasteiger charge is 2.52. The van der Waals surface area contributed by atoms with Crippen LogP contribution in [0.5, 0.6) is 0 Å². The van der Waals surface area contributed by atoms with Crippen molar-refractivity contribution in [2.24, 2.45) is 17.3 Å². The maximum absolute atomic E-state index is 5.76. The van der Waals surface area contributed by atoms with Crippen molar-refractivity contribution in [3.8, 4) is 0 Å². The van der Waals surface area contributed by atoms with Gasteiger partial charge in [-0.1, -0.05) is 59.1 Å². The van der Waals surface area contributed by atoms with Gasteiger partial charge in [0.15, 0.2) is 0 Å². The number of ether oxygens (including phenoxy) is 1. The smallest absolute Gasteiger partial charge is 0.112 e. The second-order valence-electron chi connectivity index (χ2n) is 6.91. The minimum atomic E-state index is 0.497. The topological polar surface area (TPSA) is 9.23 Å². The summed E-state index contributed by atoms with van der Waals surface area (Å²) in [5, 5.41) is 0. The van der Waals surface area contributed by atoms with Gasteiger partial charge >= 0.3 is 0 Å². The second-order valence-corrected chi connectivity index (χ2v) is 7.43. The zero-order chi connectivity index (χ0) is 16.6. The Morgan fingerprint density at radius 2 is 1.95 bits per heavy atom. The van der Waals surface area contributed by atoms with Crippen LogP contribution in [0.2, 0.25) is 0 Å². The fraction of sp³-hybridized carbons (Fsp3) is 0.700. The van der Waals surface area contributed by atoms with Gasteiger partial charge in [0.1, 0.15) is 5.76 Å². The van der Waals surface area contributed by atoms with E-state index in [0.29, 0.717) is 5.41 Å². The van der Waals surface area contributed by atoms with E-state index in [-0.39, 0.29) is 0 Å². The third-order valence-corrected chi connectivity index (χ3v) is 5.41. The predicted octanol–water partition coefficient (Wildman–Crippen LogP) is 6.54. The average Bonchev–Trinajstić information content (AvgIpc) is 3.16. The molecule has 0 radical (unpaired) electrons. The maximum Gasteiger partial charge on any atom is 0.112 e. The van der Waals surface area contributed by atoms with Gasteiger partial charge in [-0.05, 0) is 54.1 Å². The average molecular weight is 323 g/mol. The molecule has 1 rings (SSSR count). The fourth-order valence-electron chi connectivity index (χ4n) is 3.49. The van der Waals surface area contributed by atoms with Gasteiger partial charge in [-0.3, -0.25) is 0 Å². The van der Waals surface area contributed by atoms with Gasteiger partial charge in [0.05, 0.1) is 6.61 Å². The predicted molar refractivity (Wildman–Crippen MR) is 101 cm³/mol. The minimum Gasteiger partial charge on any atom is -0.494 e. The summed E-state index contributed by atoms with van der Waals surface area (Å²) < 4.78 is 5.76. The third-order valence-electron chi connectivity index (χ3n) is 5.01. The zero-order valence-corrected chi connectivity index (χ0v) is 15.8. The monoisotopic (exact) mass is 322 g/mol. The molecule has 22 heavy (non-hydrogen) atoms. The molecular weight excluding hydrogens is 288 g/mol. The molecule has 0 aliphatic heterocycles. The lowest BCUT2D eigenvalue weighted by Gasteiger charge is -2.19. The van der Waals surface area contributed by atoms with Gasteiger partial charge in [0.2, 0.25) is 0 Å². The highest BCUT2D eigenvalue weighted by Crippen LogP contribution is 2.60. The van der Waals surface area contributed by atoms with Crippen LogP contribution in [0.25, 0.3) is 0 Å². The van der Waals surface area contributed by atoms with Crippen molar-refractivity contribution in [3.63, 3.8) is 0 Å². The highest BCUT2D eigenvalue weighted by atomic mass is 32.1. The molecule has 1 aliphatic carbocycles. The molecule has 0 bridgehead atoms. The molecule has 0 aromatic carbocycles. The first-order chi connectivity index (χ1) is 10.5. The van der Waals surface area contributed by atoms with Gasteiger partial charge < -0.3 is 4.74 Å². The maximum atomic E-state index is 5.76. The molecule has 0 aromatic rings. The van der Waals surface area contributed by atoms with E-state index in [0.717, 1.165) is 35.5 Å². The number of hydrogen-bond acceptors (Lipinski definition) is 2. The first-order valence-electron chi connectivity index (χ1n) is 8.81. The number of allylic oxidation sites excluding steroid dienone is 3. The standard InChI is InChI=1S/C20H34OS/c1-6-9-17(10-7-2)19-15-20(19,5)13-14-21-16(4)11-12-18(22)8-3/h8,11-12,17,19,22H,4,6-7,9-10,13-15H2,1-3,5H3/b12-11-,18-8+. The van der Waals surface area contributed by atoms with Crippen LogP contribution in [0.4, 0.5) is 0 Å². The van der Waals surface area contributed by atoms with Crippen LogP contribution in [-0.4, -0.2) is 6.61 Å². The van der Waals surface area contributed by atoms with Crippen LogP contribution in [-0.2, 0) is 4.74 Å². The largest absolute Gasteiger partial charge is 0.494 e. The zero-order valence-electron chi connectivity index (χ0n) is 14.9. The molecule has 0 amide bonds. The van der Waals surface area contributed by atoms with Gasteiger partial charge in [0.25, 0.3) is 0 Å². The Bertz CT molecular complexity index is 404. The van der Waals surface area contributed by atoms with Crippen molar-refractivity contribution < 1.29 is 4.74 Å². The fourth-order valence-corrected chi connectivity index (χ4v) is 3.57. The van der Waals surface area contributed by atoms with E-state index in [2.05, 4.69) is 40.0 Å². The van der Waals surface area contributed by atoms with Crippen LogP contribution < -0.4 is 0 Å². The number of thiol groups is 1. The molecule has 2 unspecified atom stereocenters. The van der Waals surface area contributed by atoms with E-state index in [4.69, 9.17) is 4.74 Å². The lowest BCUT2D eigenvalue weighted by atomic mass is 9.87. The Morgan fingerprint density at radius 3 is 2.50 bits per heavy atom. The van der Waals surface area contributed by atoms with Crippen molar-refractivity contribution in [2.45, 2.75) is 66.2 Å².